The molecule has 1 aliphatic carbocycles. The summed E-state index contributed by atoms with van der Waals surface area (Å²) < 4.78 is 0. The van der Waals surface area contributed by atoms with Crippen molar-refractivity contribution < 1.29 is 0 Å². The van der Waals surface area contributed by atoms with Gasteiger partial charge in [0.05, 0.1) is 0 Å². The lowest BCUT2D eigenvalue weighted by atomic mass is 9.84. The van der Waals surface area contributed by atoms with E-state index >= 15 is 0 Å². The first-order chi connectivity index (χ1) is 8.66. The number of benzene rings is 1. The minimum absolute atomic E-state index is 0.625. The Labute approximate surface area is 116 Å². The Morgan fingerprint density at radius 2 is 2.00 bits per heavy atom. The Bertz CT molecular complexity index is 383. The fourth-order valence-electron chi connectivity index (χ4n) is 2.93. The molecule has 1 nitrogen and oxygen atoms in total. The summed E-state index contributed by atoms with van der Waals surface area (Å²) in [5.74, 6) is 0.867. The molecule has 2 heteroatoms. The molecule has 0 amide bonds. The van der Waals surface area contributed by atoms with Gasteiger partial charge in [-0.1, -0.05) is 36.9 Å². The highest BCUT2D eigenvalue weighted by atomic mass is 35.5. The highest BCUT2D eigenvalue weighted by molar-refractivity contribution is 6.30. The Hall–Kier alpha value is -0.530. The van der Waals surface area contributed by atoms with Gasteiger partial charge in [0.25, 0.3) is 0 Å². The van der Waals surface area contributed by atoms with E-state index in [1.165, 1.54) is 43.2 Å². The predicted molar refractivity (Wildman–Crippen MR) is 79.1 cm³/mol. The number of halogens is 1. The van der Waals surface area contributed by atoms with E-state index in [2.05, 4.69) is 25.2 Å². The second kappa shape index (κ2) is 6.58. The Morgan fingerprint density at radius 3 is 2.67 bits per heavy atom. The smallest absolute Gasteiger partial charge is 0.0408 e. The van der Waals surface area contributed by atoms with E-state index in [0.717, 1.165) is 17.5 Å². The molecule has 1 fully saturated rings. The molecule has 1 N–H and O–H groups in total. The summed E-state index contributed by atoms with van der Waals surface area (Å²) in [5.41, 5.74) is 2.65. The molecule has 1 saturated carbocycles. The summed E-state index contributed by atoms with van der Waals surface area (Å²) in [7, 11) is 0. The van der Waals surface area contributed by atoms with Crippen LogP contribution in [0, 0.1) is 12.8 Å². The van der Waals surface area contributed by atoms with Crippen LogP contribution in [0.5, 0.6) is 0 Å². The SMILES string of the molecule is Cc1cc(Cl)ccc1CN[C@H](C)C1CCCCC1. The second-order valence-electron chi connectivity index (χ2n) is 5.64. The van der Waals surface area contributed by atoms with Crippen LogP contribution in [0.15, 0.2) is 18.2 Å². The monoisotopic (exact) mass is 265 g/mol. The van der Waals surface area contributed by atoms with Crippen molar-refractivity contribution in [3.63, 3.8) is 0 Å². The number of nitrogens with one attached hydrogen (secondary N) is 1. The average molecular weight is 266 g/mol. The molecular formula is C16H24ClN. The van der Waals surface area contributed by atoms with Gasteiger partial charge in [-0.05, 0) is 55.9 Å². The molecule has 1 aromatic carbocycles. The van der Waals surface area contributed by atoms with Crippen molar-refractivity contribution in [2.24, 2.45) is 5.92 Å². The molecule has 100 valence electrons. The maximum Gasteiger partial charge on any atom is 0.0408 e. The predicted octanol–water partition coefficient (Wildman–Crippen LogP) is 4.71. The largest absolute Gasteiger partial charge is 0.310 e. The third-order valence-corrected chi connectivity index (χ3v) is 4.51. The molecule has 0 aromatic heterocycles. The van der Waals surface area contributed by atoms with E-state index in [4.69, 9.17) is 11.6 Å². The number of hydrogen-bond donors (Lipinski definition) is 1. The van der Waals surface area contributed by atoms with Gasteiger partial charge in [0, 0.05) is 17.6 Å². The van der Waals surface area contributed by atoms with Gasteiger partial charge in [-0.3, -0.25) is 0 Å². The van der Waals surface area contributed by atoms with Crippen LogP contribution in [-0.4, -0.2) is 6.04 Å². The summed E-state index contributed by atoms with van der Waals surface area (Å²) in [6.07, 6.45) is 7.05. The van der Waals surface area contributed by atoms with Gasteiger partial charge in [-0.15, -0.1) is 0 Å². The third kappa shape index (κ3) is 3.73. The standard InChI is InChI=1S/C16H24ClN/c1-12-10-16(17)9-8-15(12)11-18-13(2)14-6-4-3-5-7-14/h8-10,13-14,18H,3-7,11H2,1-2H3/t13-/m1/s1. The van der Waals surface area contributed by atoms with Gasteiger partial charge in [0.2, 0.25) is 0 Å². The lowest BCUT2D eigenvalue weighted by molar-refractivity contribution is 0.280. The number of rotatable bonds is 4. The van der Waals surface area contributed by atoms with Crippen LogP contribution in [-0.2, 0) is 6.54 Å². The summed E-state index contributed by atoms with van der Waals surface area (Å²) in [6, 6.07) is 6.79. The minimum atomic E-state index is 0.625. The van der Waals surface area contributed by atoms with Gasteiger partial charge in [0.15, 0.2) is 0 Å². The van der Waals surface area contributed by atoms with Crippen LogP contribution < -0.4 is 5.32 Å². The van der Waals surface area contributed by atoms with Crippen molar-refractivity contribution >= 4 is 11.6 Å². The summed E-state index contributed by atoms with van der Waals surface area (Å²) in [4.78, 5) is 0. The molecule has 0 heterocycles. The maximum atomic E-state index is 5.98. The van der Waals surface area contributed by atoms with E-state index in [9.17, 15) is 0 Å². The van der Waals surface area contributed by atoms with Crippen molar-refractivity contribution in [1.82, 2.24) is 5.32 Å². The van der Waals surface area contributed by atoms with Crippen molar-refractivity contribution in [3.8, 4) is 0 Å². The van der Waals surface area contributed by atoms with Crippen LogP contribution in [0.3, 0.4) is 0 Å². The van der Waals surface area contributed by atoms with E-state index in [1.807, 2.05) is 12.1 Å². The summed E-state index contributed by atoms with van der Waals surface area (Å²) in [6.45, 7) is 5.43. The lowest BCUT2D eigenvalue weighted by Gasteiger charge is -2.28. The average Bonchev–Trinajstić information content (AvgIpc) is 2.38. The molecule has 0 bridgehead atoms. The molecule has 2 rings (SSSR count). The third-order valence-electron chi connectivity index (χ3n) is 4.28. The molecule has 18 heavy (non-hydrogen) atoms. The highest BCUT2D eigenvalue weighted by Gasteiger charge is 2.19. The van der Waals surface area contributed by atoms with Crippen molar-refractivity contribution in [3.05, 3.63) is 34.3 Å². The molecule has 1 aromatic rings. The van der Waals surface area contributed by atoms with Crippen LogP contribution in [0.4, 0.5) is 0 Å². The summed E-state index contributed by atoms with van der Waals surface area (Å²) in [5, 5.41) is 4.52. The van der Waals surface area contributed by atoms with Crippen molar-refractivity contribution in [2.75, 3.05) is 0 Å². The van der Waals surface area contributed by atoms with E-state index in [0.29, 0.717) is 6.04 Å². The molecule has 0 spiro atoms. The molecule has 1 atom stereocenters. The zero-order valence-electron chi connectivity index (χ0n) is 11.5. The first-order valence-electron chi connectivity index (χ1n) is 7.15. The number of hydrogen-bond acceptors (Lipinski definition) is 1. The van der Waals surface area contributed by atoms with Crippen molar-refractivity contribution in [1.29, 1.82) is 0 Å². The minimum Gasteiger partial charge on any atom is -0.310 e. The van der Waals surface area contributed by atoms with Gasteiger partial charge >= 0.3 is 0 Å². The van der Waals surface area contributed by atoms with Gasteiger partial charge in [-0.25, -0.2) is 0 Å². The zero-order chi connectivity index (χ0) is 13.0. The molecular weight excluding hydrogens is 242 g/mol. The van der Waals surface area contributed by atoms with E-state index < -0.39 is 0 Å². The molecule has 0 saturated heterocycles. The van der Waals surface area contributed by atoms with Gasteiger partial charge < -0.3 is 5.32 Å². The molecule has 0 aliphatic heterocycles. The first-order valence-corrected chi connectivity index (χ1v) is 7.53. The highest BCUT2D eigenvalue weighted by Crippen LogP contribution is 2.26. The molecule has 0 unspecified atom stereocenters. The van der Waals surface area contributed by atoms with Gasteiger partial charge in [0.1, 0.15) is 0 Å². The Balaban J connectivity index is 1.86. The normalized spacial score (nSPS) is 18.8. The second-order valence-corrected chi connectivity index (χ2v) is 6.07. The Kier molecular flexibility index (Phi) is 5.08. The first kappa shape index (κ1) is 13.9. The zero-order valence-corrected chi connectivity index (χ0v) is 12.3. The van der Waals surface area contributed by atoms with E-state index in [-0.39, 0.29) is 0 Å². The number of aryl methyl sites for hydroxylation is 1. The quantitative estimate of drug-likeness (QED) is 0.832. The maximum absolute atomic E-state index is 5.98. The van der Waals surface area contributed by atoms with Crippen LogP contribution in [0.2, 0.25) is 5.02 Å². The van der Waals surface area contributed by atoms with Gasteiger partial charge in [-0.2, -0.15) is 0 Å². The topological polar surface area (TPSA) is 12.0 Å². The fourth-order valence-corrected chi connectivity index (χ4v) is 3.16. The summed E-state index contributed by atoms with van der Waals surface area (Å²) >= 11 is 5.98. The van der Waals surface area contributed by atoms with Crippen LogP contribution in [0.1, 0.15) is 50.2 Å². The molecule has 1 aliphatic rings. The van der Waals surface area contributed by atoms with Crippen LogP contribution >= 0.6 is 11.6 Å². The van der Waals surface area contributed by atoms with Crippen molar-refractivity contribution in [2.45, 2.75) is 58.5 Å². The lowest BCUT2D eigenvalue weighted by Crippen LogP contribution is -2.34. The van der Waals surface area contributed by atoms with E-state index in [1.54, 1.807) is 0 Å². The van der Waals surface area contributed by atoms with Crippen LogP contribution in [0.25, 0.3) is 0 Å². The fraction of sp³-hybridized carbons (Fsp3) is 0.625. The molecule has 0 radical (unpaired) electrons. The Morgan fingerprint density at radius 1 is 1.28 bits per heavy atom.